The SMILES string of the molecule is Fc1ccc(CCC2CCN(Cc3nc4cc(F)cc5c4n3CCC5)CC2)cc1. The lowest BCUT2D eigenvalue weighted by atomic mass is 9.90. The molecule has 0 unspecified atom stereocenters. The molecule has 152 valence electrons. The van der Waals surface area contributed by atoms with E-state index in [1.165, 1.54) is 24.8 Å². The van der Waals surface area contributed by atoms with Gasteiger partial charge in [-0.2, -0.15) is 0 Å². The summed E-state index contributed by atoms with van der Waals surface area (Å²) < 4.78 is 29.2. The second-order valence-corrected chi connectivity index (χ2v) is 8.60. The molecule has 0 radical (unpaired) electrons. The molecule has 2 aromatic carbocycles. The molecule has 1 saturated heterocycles. The summed E-state index contributed by atoms with van der Waals surface area (Å²) in [7, 11) is 0. The molecule has 1 aromatic heterocycles. The zero-order valence-corrected chi connectivity index (χ0v) is 16.7. The van der Waals surface area contributed by atoms with Crippen LogP contribution in [0.4, 0.5) is 8.78 Å². The van der Waals surface area contributed by atoms with Crippen LogP contribution in [-0.2, 0) is 25.9 Å². The van der Waals surface area contributed by atoms with E-state index in [-0.39, 0.29) is 11.6 Å². The van der Waals surface area contributed by atoms with Crippen LogP contribution in [0.2, 0.25) is 0 Å². The topological polar surface area (TPSA) is 21.1 Å². The fourth-order valence-corrected chi connectivity index (χ4v) is 5.00. The molecule has 0 saturated carbocycles. The Labute approximate surface area is 170 Å². The maximum absolute atomic E-state index is 13.9. The minimum Gasteiger partial charge on any atom is -0.327 e. The van der Waals surface area contributed by atoms with Crippen molar-refractivity contribution in [3.63, 3.8) is 0 Å². The van der Waals surface area contributed by atoms with Crippen LogP contribution in [-0.4, -0.2) is 27.5 Å². The number of hydrogen-bond acceptors (Lipinski definition) is 2. The first kappa shape index (κ1) is 18.7. The van der Waals surface area contributed by atoms with Crippen molar-refractivity contribution in [2.45, 2.75) is 51.6 Å². The predicted octanol–water partition coefficient (Wildman–Crippen LogP) is 5.11. The summed E-state index contributed by atoms with van der Waals surface area (Å²) in [6, 6.07) is 10.2. The number of likely N-dealkylation sites (tertiary alicyclic amines) is 1. The summed E-state index contributed by atoms with van der Waals surface area (Å²) in [5.41, 5.74) is 4.27. The van der Waals surface area contributed by atoms with Gasteiger partial charge in [0.1, 0.15) is 17.5 Å². The number of hydrogen-bond donors (Lipinski definition) is 0. The van der Waals surface area contributed by atoms with Crippen molar-refractivity contribution >= 4 is 11.0 Å². The minimum absolute atomic E-state index is 0.164. The fourth-order valence-electron chi connectivity index (χ4n) is 5.00. The van der Waals surface area contributed by atoms with E-state index < -0.39 is 0 Å². The van der Waals surface area contributed by atoms with Crippen molar-refractivity contribution < 1.29 is 8.78 Å². The molecule has 0 aliphatic carbocycles. The highest BCUT2D eigenvalue weighted by Crippen LogP contribution is 2.29. The van der Waals surface area contributed by atoms with Crippen LogP contribution in [0.1, 0.15) is 42.6 Å². The zero-order valence-electron chi connectivity index (χ0n) is 16.7. The van der Waals surface area contributed by atoms with E-state index in [9.17, 15) is 8.78 Å². The Morgan fingerprint density at radius 1 is 0.966 bits per heavy atom. The Balaban J connectivity index is 1.20. The van der Waals surface area contributed by atoms with Crippen LogP contribution in [0, 0.1) is 17.6 Å². The highest BCUT2D eigenvalue weighted by atomic mass is 19.1. The van der Waals surface area contributed by atoms with Gasteiger partial charge in [0.25, 0.3) is 0 Å². The standard InChI is InChI=1S/C24H27F2N3/c25-20-7-5-17(6-8-20)3-4-18-9-12-28(13-10-18)16-23-27-22-15-21(26)14-19-2-1-11-29(23)24(19)22/h5-8,14-15,18H,1-4,9-13,16H2. The van der Waals surface area contributed by atoms with Crippen LogP contribution in [0.15, 0.2) is 36.4 Å². The molecular formula is C24H27F2N3. The predicted molar refractivity (Wildman–Crippen MR) is 111 cm³/mol. The number of aryl methyl sites for hydroxylation is 3. The van der Waals surface area contributed by atoms with Gasteiger partial charge in [-0.3, -0.25) is 4.90 Å². The Bertz CT molecular complexity index is 1000. The van der Waals surface area contributed by atoms with E-state index in [1.54, 1.807) is 24.3 Å². The number of rotatable bonds is 5. The van der Waals surface area contributed by atoms with Crippen molar-refractivity contribution in [1.29, 1.82) is 0 Å². The van der Waals surface area contributed by atoms with Crippen LogP contribution in [0.25, 0.3) is 11.0 Å². The molecule has 2 aliphatic rings. The van der Waals surface area contributed by atoms with Gasteiger partial charge in [-0.05, 0) is 86.9 Å². The van der Waals surface area contributed by atoms with Crippen molar-refractivity contribution in [3.8, 4) is 0 Å². The normalized spacial score (nSPS) is 17.9. The first-order chi connectivity index (χ1) is 14.2. The average molecular weight is 395 g/mol. The lowest BCUT2D eigenvalue weighted by Gasteiger charge is -2.32. The molecule has 0 amide bonds. The van der Waals surface area contributed by atoms with Crippen molar-refractivity contribution in [3.05, 3.63) is 65.0 Å². The first-order valence-corrected chi connectivity index (χ1v) is 10.8. The molecule has 5 rings (SSSR count). The van der Waals surface area contributed by atoms with Crippen molar-refractivity contribution in [1.82, 2.24) is 14.5 Å². The molecule has 2 aliphatic heterocycles. The molecule has 3 nitrogen and oxygen atoms in total. The summed E-state index contributed by atoms with van der Waals surface area (Å²) >= 11 is 0. The number of aromatic nitrogens is 2. The van der Waals surface area contributed by atoms with Crippen LogP contribution >= 0.6 is 0 Å². The molecule has 3 heterocycles. The second kappa shape index (κ2) is 7.86. The lowest BCUT2D eigenvalue weighted by Crippen LogP contribution is -2.34. The highest BCUT2D eigenvalue weighted by molar-refractivity contribution is 5.80. The van der Waals surface area contributed by atoms with Crippen molar-refractivity contribution in [2.24, 2.45) is 5.92 Å². The number of nitrogens with zero attached hydrogens (tertiary/aromatic N) is 3. The number of benzene rings is 2. The largest absolute Gasteiger partial charge is 0.327 e. The van der Waals surface area contributed by atoms with Crippen molar-refractivity contribution in [2.75, 3.05) is 13.1 Å². The van der Waals surface area contributed by atoms with E-state index >= 15 is 0 Å². The number of halogens is 2. The molecule has 0 N–H and O–H groups in total. The van der Waals surface area contributed by atoms with E-state index in [1.807, 2.05) is 12.1 Å². The van der Waals surface area contributed by atoms with E-state index in [2.05, 4.69) is 9.47 Å². The van der Waals surface area contributed by atoms with Gasteiger partial charge in [0.2, 0.25) is 0 Å². The summed E-state index contributed by atoms with van der Waals surface area (Å²) in [6.45, 7) is 4.00. The molecule has 29 heavy (non-hydrogen) atoms. The first-order valence-electron chi connectivity index (χ1n) is 10.8. The third-order valence-electron chi connectivity index (χ3n) is 6.62. The molecule has 1 fully saturated rings. The zero-order chi connectivity index (χ0) is 19.8. The van der Waals surface area contributed by atoms with Gasteiger partial charge in [0, 0.05) is 12.6 Å². The van der Waals surface area contributed by atoms with Gasteiger partial charge in [0.05, 0.1) is 17.6 Å². The highest BCUT2D eigenvalue weighted by Gasteiger charge is 2.23. The lowest BCUT2D eigenvalue weighted by molar-refractivity contribution is 0.167. The monoisotopic (exact) mass is 395 g/mol. The molecule has 0 bridgehead atoms. The summed E-state index contributed by atoms with van der Waals surface area (Å²) in [4.78, 5) is 7.28. The maximum atomic E-state index is 13.9. The summed E-state index contributed by atoms with van der Waals surface area (Å²) in [6.07, 6.45) is 6.58. The Hall–Kier alpha value is -2.27. The minimum atomic E-state index is -0.174. The van der Waals surface area contributed by atoms with Gasteiger partial charge in [-0.1, -0.05) is 12.1 Å². The quantitative estimate of drug-likeness (QED) is 0.599. The summed E-state index contributed by atoms with van der Waals surface area (Å²) in [5.74, 6) is 1.47. The van der Waals surface area contributed by atoms with Gasteiger partial charge in [-0.15, -0.1) is 0 Å². The molecular weight excluding hydrogens is 368 g/mol. The number of piperidine rings is 1. The Morgan fingerprint density at radius 3 is 2.55 bits per heavy atom. The number of imidazole rings is 1. The van der Waals surface area contributed by atoms with Gasteiger partial charge < -0.3 is 4.57 Å². The molecule has 0 spiro atoms. The van der Waals surface area contributed by atoms with E-state index in [0.717, 1.165) is 73.8 Å². The Kier molecular flexibility index (Phi) is 5.08. The van der Waals surface area contributed by atoms with Gasteiger partial charge in [-0.25, -0.2) is 13.8 Å². The third-order valence-corrected chi connectivity index (χ3v) is 6.62. The molecule has 3 aromatic rings. The van der Waals surface area contributed by atoms with Gasteiger partial charge >= 0.3 is 0 Å². The van der Waals surface area contributed by atoms with E-state index in [4.69, 9.17) is 4.98 Å². The molecule has 0 atom stereocenters. The maximum Gasteiger partial charge on any atom is 0.125 e. The Morgan fingerprint density at radius 2 is 1.76 bits per heavy atom. The van der Waals surface area contributed by atoms with Crippen LogP contribution < -0.4 is 0 Å². The molecule has 5 heteroatoms. The second-order valence-electron chi connectivity index (χ2n) is 8.60. The smallest absolute Gasteiger partial charge is 0.125 e. The van der Waals surface area contributed by atoms with Crippen LogP contribution in [0.5, 0.6) is 0 Å². The van der Waals surface area contributed by atoms with E-state index in [0.29, 0.717) is 0 Å². The fraction of sp³-hybridized carbons (Fsp3) is 0.458. The van der Waals surface area contributed by atoms with Crippen LogP contribution in [0.3, 0.4) is 0 Å². The average Bonchev–Trinajstić information content (AvgIpc) is 3.07. The summed E-state index contributed by atoms with van der Waals surface area (Å²) in [5, 5.41) is 0. The third kappa shape index (κ3) is 3.93. The van der Waals surface area contributed by atoms with Gasteiger partial charge in [0.15, 0.2) is 0 Å².